The first-order valence-corrected chi connectivity index (χ1v) is 4.01. The maximum atomic E-state index is 4.95. The fourth-order valence-electron chi connectivity index (χ4n) is 0.233. The number of hydrogen-bond donors (Lipinski definition) is 3. The van der Waals surface area contributed by atoms with Gasteiger partial charge < -0.3 is 5.73 Å². The summed E-state index contributed by atoms with van der Waals surface area (Å²) in [6.45, 7) is 0.684. The Kier molecular flexibility index (Phi) is 7.54. The molecule has 0 aliphatic rings. The minimum Gasteiger partial charge on any atom is -0.330 e. The fraction of sp³-hybridized carbons (Fsp3) is 0.400. The molecule has 0 bridgehead atoms. The molecule has 0 aliphatic carbocycles. The van der Waals surface area contributed by atoms with Gasteiger partial charge >= 0.3 is 0 Å². The Morgan fingerprint density at radius 1 is 1.36 bits per heavy atom. The van der Waals surface area contributed by atoms with E-state index in [9.17, 15) is 0 Å². The highest BCUT2D eigenvalue weighted by atomic mass is 32.1. The van der Waals surface area contributed by atoms with Crippen LogP contribution >= 0.6 is 25.3 Å². The van der Waals surface area contributed by atoms with Crippen molar-refractivity contribution < 1.29 is 0 Å². The van der Waals surface area contributed by atoms with Gasteiger partial charge in [0.15, 0.2) is 5.16 Å². The summed E-state index contributed by atoms with van der Waals surface area (Å²) in [5.74, 6) is 0.792. The van der Waals surface area contributed by atoms with Crippen LogP contribution in [0.5, 0.6) is 0 Å². The van der Waals surface area contributed by atoms with Gasteiger partial charge in [-0.2, -0.15) is 12.6 Å². The van der Waals surface area contributed by atoms with E-state index in [2.05, 4.69) is 40.2 Å². The van der Waals surface area contributed by atoms with Gasteiger partial charge in [-0.3, -0.25) is 0 Å². The third-order valence-electron chi connectivity index (χ3n) is 0.609. The molecular formula is C5H10N4S2. The summed E-state index contributed by atoms with van der Waals surface area (Å²) in [4.78, 5) is 10.8. The summed E-state index contributed by atoms with van der Waals surface area (Å²) in [5, 5.41) is 0.454. The predicted octanol–water partition coefficient (Wildman–Crippen LogP) is 0.0352. The molecule has 0 saturated carbocycles. The second-order valence-electron chi connectivity index (χ2n) is 1.45. The normalized spacial score (nSPS) is 8.27. The highest BCUT2D eigenvalue weighted by Gasteiger charge is 1.76. The van der Waals surface area contributed by atoms with E-state index in [1.165, 1.54) is 12.7 Å². The van der Waals surface area contributed by atoms with E-state index in [0.29, 0.717) is 11.7 Å². The van der Waals surface area contributed by atoms with Crippen molar-refractivity contribution in [2.45, 2.75) is 5.16 Å². The smallest absolute Gasteiger partial charge is 0.187 e. The van der Waals surface area contributed by atoms with Crippen LogP contribution in [0.4, 0.5) is 0 Å². The standard InChI is InChI=1S/C3H3N3S.C2H7NS/c7-3-5-1-4-2-6-3;3-1-2-4/h1-2H,(H,4,5,6,7);4H,1-3H2. The van der Waals surface area contributed by atoms with E-state index in [4.69, 9.17) is 5.73 Å². The Morgan fingerprint density at radius 2 is 1.82 bits per heavy atom. The first-order chi connectivity index (χ1) is 5.31. The average Bonchev–Trinajstić information content (AvgIpc) is 2.07. The van der Waals surface area contributed by atoms with Crippen molar-refractivity contribution >= 4 is 25.3 Å². The lowest BCUT2D eigenvalue weighted by Crippen LogP contribution is -1.97. The Bertz CT molecular complexity index is 167. The Morgan fingerprint density at radius 3 is 2.00 bits per heavy atom. The number of nitrogens with zero attached hydrogens (tertiary/aromatic N) is 3. The lowest BCUT2D eigenvalue weighted by atomic mass is 10.8. The Balaban J connectivity index is 0.000000218. The zero-order chi connectivity index (χ0) is 8.53. The second kappa shape index (κ2) is 7.77. The summed E-state index contributed by atoms with van der Waals surface area (Å²) in [7, 11) is 0. The monoisotopic (exact) mass is 190 g/mol. The van der Waals surface area contributed by atoms with Crippen molar-refractivity contribution in [2.75, 3.05) is 12.3 Å². The molecule has 6 heteroatoms. The molecule has 0 aromatic carbocycles. The molecule has 2 N–H and O–H groups in total. The van der Waals surface area contributed by atoms with E-state index < -0.39 is 0 Å². The summed E-state index contributed by atoms with van der Waals surface area (Å²) in [6, 6.07) is 0. The van der Waals surface area contributed by atoms with Crippen LogP contribution in [-0.4, -0.2) is 27.2 Å². The van der Waals surface area contributed by atoms with Gasteiger partial charge in [-0.25, -0.2) is 15.0 Å². The molecule has 1 heterocycles. The predicted molar refractivity (Wildman–Crippen MR) is 50.0 cm³/mol. The first kappa shape index (κ1) is 10.7. The minimum absolute atomic E-state index is 0.454. The van der Waals surface area contributed by atoms with Gasteiger partial charge in [-0.05, 0) is 0 Å². The van der Waals surface area contributed by atoms with Crippen LogP contribution in [0, 0.1) is 0 Å². The molecule has 1 aromatic rings. The van der Waals surface area contributed by atoms with Gasteiger partial charge in [0.1, 0.15) is 12.7 Å². The third-order valence-corrected chi connectivity index (χ3v) is 1.10. The maximum absolute atomic E-state index is 4.95. The molecule has 0 radical (unpaired) electrons. The quantitative estimate of drug-likeness (QED) is 0.547. The van der Waals surface area contributed by atoms with Crippen LogP contribution in [0.2, 0.25) is 0 Å². The summed E-state index contributed by atoms with van der Waals surface area (Å²) in [6.07, 6.45) is 2.80. The molecule has 1 aromatic heterocycles. The van der Waals surface area contributed by atoms with Crippen LogP contribution in [-0.2, 0) is 0 Å². The van der Waals surface area contributed by atoms with Crippen molar-refractivity contribution in [1.82, 2.24) is 15.0 Å². The Labute approximate surface area is 76.5 Å². The lowest BCUT2D eigenvalue weighted by Gasteiger charge is -1.79. The van der Waals surface area contributed by atoms with E-state index in [1.54, 1.807) is 0 Å². The molecule has 11 heavy (non-hydrogen) atoms. The van der Waals surface area contributed by atoms with Gasteiger partial charge in [-0.15, -0.1) is 12.6 Å². The highest BCUT2D eigenvalue weighted by molar-refractivity contribution is 7.80. The Hall–Kier alpha value is -0.330. The van der Waals surface area contributed by atoms with Crippen molar-refractivity contribution in [2.24, 2.45) is 5.73 Å². The van der Waals surface area contributed by atoms with Crippen LogP contribution in [0.25, 0.3) is 0 Å². The van der Waals surface area contributed by atoms with Crippen LogP contribution in [0.1, 0.15) is 0 Å². The van der Waals surface area contributed by atoms with E-state index in [0.717, 1.165) is 5.75 Å². The first-order valence-electron chi connectivity index (χ1n) is 2.93. The number of nitrogens with two attached hydrogens (primary N) is 1. The molecule has 0 saturated heterocycles. The van der Waals surface area contributed by atoms with E-state index in [1.807, 2.05) is 0 Å². The number of aromatic nitrogens is 3. The van der Waals surface area contributed by atoms with Gasteiger partial charge in [0.25, 0.3) is 0 Å². The molecule has 1 rings (SSSR count). The molecule has 0 aliphatic heterocycles. The third kappa shape index (κ3) is 7.57. The molecule has 0 unspecified atom stereocenters. The van der Waals surface area contributed by atoms with Gasteiger partial charge in [0.05, 0.1) is 0 Å². The summed E-state index contributed by atoms with van der Waals surface area (Å²) in [5.41, 5.74) is 4.95. The highest BCUT2D eigenvalue weighted by Crippen LogP contribution is 1.86. The summed E-state index contributed by atoms with van der Waals surface area (Å²) < 4.78 is 0. The van der Waals surface area contributed by atoms with Crippen molar-refractivity contribution in [3.05, 3.63) is 12.7 Å². The molecular weight excluding hydrogens is 180 g/mol. The van der Waals surface area contributed by atoms with Crippen LogP contribution < -0.4 is 5.73 Å². The van der Waals surface area contributed by atoms with E-state index in [-0.39, 0.29) is 0 Å². The van der Waals surface area contributed by atoms with Gasteiger partial charge in [-0.1, -0.05) is 0 Å². The second-order valence-corrected chi connectivity index (χ2v) is 2.30. The largest absolute Gasteiger partial charge is 0.330 e. The number of thiol groups is 2. The van der Waals surface area contributed by atoms with Crippen LogP contribution in [0.3, 0.4) is 0 Å². The maximum Gasteiger partial charge on any atom is 0.187 e. The van der Waals surface area contributed by atoms with Crippen molar-refractivity contribution in [3.63, 3.8) is 0 Å². The van der Waals surface area contributed by atoms with Gasteiger partial charge in [0.2, 0.25) is 0 Å². The van der Waals surface area contributed by atoms with Crippen molar-refractivity contribution in [3.8, 4) is 0 Å². The molecule has 0 atom stereocenters. The lowest BCUT2D eigenvalue weighted by molar-refractivity contribution is 0.907. The number of rotatable bonds is 1. The van der Waals surface area contributed by atoms with Gasteiger partial charge in [0, 0.05) is 12.3 Å². The number of hydrogen-bond acceptors (Lipinski definition) is 6. The molecule has 4 nitrogen and oxygen atoms in total. The topological polar surface area (TPSA) is 64.7 Å². The molecule has 0 fully saturated rings. The minimum atomic E-state index is 0.454. The SMILES string of the molecule is NCCS.Sc1ncncn1. The molecule has 0 amide bonds. The zero-order valence-corrected chi connectivity index (χ0v) is 7.67. The summed E-state index contributed by atoms with van der Waals surface area (Å²) >= 11 is 7.62. The average molecular weight is 190 g/mol. The van der Waals surface area contributed by atoms with E-state index >= 15 is 0 Å². The van der Waals surface area contributed by atoms with Crippen LogP contribution in [0.15, 0.2) is 17.8 Å². The molecule has 62 valence electrons. The fourth-order valence-corrected chi connectivity index (χ4v) is 0.336. The molecule has 0 spiro atoms. The van der Waals surface area contributed by atoms with Crippen molar-refractivity contribution in [1.29, 1.82) is 0 Å². The zero-order valence-electron chi connectivity index (χ0n) is 5.88.